The Labute approximate surface area is 271 Å². The Hall–Kier alpha value is -2.18. The molecule has 1 aromatic heterocycles. The van der Waals surface area contributed by atoms with Crippen LogP contribution in [0.1, 0.15) is 137 Å². The van der Waals surface area contributed by atoms with Crippen LogP contribution in [0.25, 0.3) is 0 Å². The van der Waals surface area contributed by atoms with Crippen molar-refractivity contribution in [3.63, 3.8) is 0 Å². The Bertz CT molecular complexity index is 1280. The Kier molecular flexibility index (Phi) is 10.3. The van der Waals surface area contributed by atoms with Crippen molar-refractivity contribution in [2.75, 3.05) is 0 Å². The lowest BCUT2D eigenvalue weighted by Gasteiger charge is -2.44. The number of aliphatic hydroxyl groups excluding tert-OH is 2. The van der Waals surface area contributed by atoms with Gasteiger partial charge in [-0.25, -0.2) is 4.98 Å². The predicted octanol–water partition coefficient (Wildman–Crippen LogP) is 8.56. The molecule has 2 N–H and O–H groups in total. The van der Waals surface area contributed by atoms with E-state index in [1.165, 1.54) is 31.3 Å². The molecule has 0 saturated heterocycles. The average molecular weight is 622 g/mol. The van der Waals surface area contributed by atoms with E-state index in [1.54, 1.807) is 0 Å². The second kappa shape index (κ2) is 13.5. The Balaban J connectivity index is 1.30. The third-order valence-electron chi connectivity index (χ3n) is 11.9. The number of ether oxygens (including phenoxy) is 1. The monoisotopic (exact) mass is 621 g/mol. The molecule has 4 aliphatic carbocycles. The summed E-state index contributed by atoms with van der Waals surface area (Å²) in [6.07, 6.45) is 18.7. The van der Waals surface area contributed by atoms with Crippen LogP contribution >= 0.6 is 0 Å². The number of aromatic nitrogens is 1. The highest BCUT2D eigenvalue weighted by Gasteiger charge is 2.57. The predicted molar refractivity (Wildman–Crippen MR) is 178 cm³/mol. The van der Waals surface area contributed by atoms with E-state index in [4.69, 9.17) is 14.1 Å². The maximum absolute atomic E-state index is 13.2. The maximum atomic E-state index is 13.2. The summed E-state index contributed by atoms with van der Waals surface area (Å²) in [5.41, 5.74) is 2.64. The quantitative estimate of drug-likeness (QED) is 0.241. The first-order valence-electron chi connectivity index (χ1n) is 17.9. The van der Waals surface area contributed by atoms with Crippen LogP contribution in [0.2, 0.25) is 0 Å². The Morgan fingerprint density at radius 3 is 2.64 bits per heavy atom. The van der Waals surface area contributed by atoms with Gasteiger partial charge >= 0.3 is 5.97 Å². The second-order valence-corrected chi connectivity index (χ2v) is 16.3. The smallest absolute Gasteiger partial charge is 0.311 e. The maximum Gasteiger partial charge on any atom is 0.311 e. The van der Waals surface area contributed by atoms with Crippen LogP contribution in [-0.2, 0) is 21.4 Å². The first kappa shape index (κ1) is 34.2. The van der Waals surface area contributed by atoms with E-state index in [1.807, 2.05) is 27.0 Å². The summed E-state index contributed by atoms with van der Waals surface area (Å²) in [4.78, 5) is 18.0. The number of hydrogen-bond acceptors (Lipinski definition) is 6. The number of nitrogens with zero attached hydrogens (tertiary/aromatic N) is 1. The highest BCUT2D eigenvalue weighted by atomic mass is 16.5. The lowest BCUT2D eigenvalue weighted by atomic mass is 9.60. The summed E-state index contributed by atoms with van der Waals surface area (Å²) in [5.74, 6) is 3.24. The first-order valence-corrected chi connectivity index (χ1v) is 17.9. The molecule has 0 radical (unpaired) electrons. The second-order valence-electron chi connectivity index (χ2n) is 16.3. The van der Waals surface area contributed by atoms with E-state index >= 15 is 0 Å². The standard InChI is InChI=1S/C39H59NO5/c1-8-9-12-30-24-40-35(44-30)39(20-21-39)34(45-36(43)37(4,5)6)18-13-25(2)31-16-17-32-27(11-10-19-38(31,32)7)14-15-28-22-29(41)23-33(42)26(28)3/h14-15,24-25,29,31-34,41-42H,3,8-13,16-23H2,1-2,4-7H3/b27-14+,28-15-/t25-,29-,31-,32+,33+,34+,38-/m1/s1. The van der Waals surface area contributed by atoms with Crippen LogP contribution in [0.3, 0.4) is 0 Å². The van der Waals surface area contributed by atoms with Crippen molar-refractivity contribution in [2.24, 2.45) is 28.6 Å². The van der Waals surface area contributed by atoms with E-state index in [0.717, 1.165) is 74.2 Å². The number of allylic oxidation sites excluding steroid dienone is 3. The Morgan fingerprint density at radius 1 is 1.20 bits per heavy atom. The van der Waals surface area contributed by atoms with Gasteiger partial charge in [0, 0.05) is 12.8 Å². The molecule has 1 heterocycles. The fourth-order valence-corrected chi connectivity index (χ4v) is 8.86. The molecule has 0 unspecified atom stereocenters. The van der Waals surface area contributed by atoms with Gasteiger partial charge in [-0.3, -0.25) is 4.79 Å². The molecule has 6 nitrogen and oxygen atoms in total. The van der Waals surface area contributed by atoms with Gasteiger partial charge in [0.1, 0.15) is 11.9 Å². The minimum absolute atomic E-state index is 0.144. The molecule has 0 bridgehead atoms. The molecule has 1 aromatic rings. The number of aliphatic hydroxyl groups is 2. The molecule has 4 saturated carbocycles. The van der Waals surface area contributed by atoms with Gasteiger partial charge < -0.3 is 19.4 Å². The number of aryl methyl sites for hydroxylation is 1. The summed E-state index contributed by atoms with van der Waals surface area (Å²) in [6, 6.07) is 0. The summed E-state index contributed by atoms with van der Waals surface area (Å²) >= 11 is 0. The molecule has 6 heteroatoms. The highest BCUT2D eigenvalue weighted by Crippen LogP contribution is 2.60. The van der Waals surface area contributed by atoms with E-state index in [0.29, 0.717) is 30.6 Å². The summed E-state index contributed by atoms with van der Waals surface area (Å²) < 4.78 is 12.7. The van der Waals surface area contributed by atoms with Crippen molar-refractivity contribution in [1.82, 2.24) is 4.98 Å². The van der Waals surface area contributed by atoms with Crippen molar-refractivity contribution < 1.29 is 24.2 Å². The number of carbonyl (C=O) groups excluding carboxylic acids is 1. The van der Waals surface area contributed by atoms with Gasteiger partial charge in [0.15, 0.2) is 0 Å². The third kappa shape index (κ3) is 7.22. The van der Waals surface area contributed by atoms with Crippen LogP contribution in [0.15, 0.2) is 46.1 Å². The topological polar surface area (TPSA) is 92.8 Å². The molecule has 4 aliphatic rings. The molecule has 0 aromatic carbocycles. The number of carbonyl (C=O) groups is 1. The zero-order chi connectivity index (χ0) is 32.6. The number of rotatable bonds is 11. The number of esters is 1. The number of fused-ring (bicyclic) bond motifs is 1. The number of hydrogen-bond donors (Lipinski definition) is 2. The van der Waals surface area contributed by atoms with Gasteiger partial charge in [0.05, 0.1) is 29.2 Å². The summed E-state index contributed by atoms with van der Waals surface area (Å²) in [7, 11) is 0. The molecule has 250 valence electrons. The van der Waals surface area contributed by atoms with Crippen LogP contribution < -0.4 is 0 Å². The lowest BCUT2D eigenvalue weighted by molar-refractivity contribution is -0.161. The van der Waals surface area contributed by atoms with Crippen molar-refractivity contribution in [3.8, 4) is 0 Å². The summed E-state index contributed by atoms with van der Waals surface area (Å²) in [5, 5.41) is 20.5. The van der Waals surface area contributed by atoms with E-state index in [2.05, 4.69) is 39.5 Å². The number of oxazole rings is 1. The molecule has 5 rings (SSSR count). The van der Waals surface area contributed by atoms with Gasteiger partial charge in [0.2, 0.25) is 5.89 Å². The van der Waals surface area contributed by atoms with E-state index in [-0.39, 0.29) is 22.9 Å². The van der Waals surface area contributed by atoms with E-state index in [9.17, 15) is 15.0 Å². The SMILES string of the molecule is C=C1/C(=C\C=C2/CCC[C@]3(C)[C@@H]([C@H](C)CC[C@H](OC(=O)C(C)(C)C)C4(c5ncc(CCCC)o5)CC4)CC[C@@H]23)C[C@@H](O)C[C@@H]1O. The average Bonchev–Trinajstić information content (AvgIpc) is 3.50. The highest BCUT2D eigenvalue weighted by molar-refractivity contribution is 5.75. The normalized spacial score (nSPS) is 32.8. The van der Waals surface area contributed by atoms with Gasteiger partial charge in [-0.05, 0) is 126 Å². The third-order valence-corrected chi connectivity index (χ3v) is 11.9. The molecule has 7 atom stereocenters. The van der Waals surface area contributed by atoms with Crippen LogP contribution in [0.5, 0.6) is 0 Å². The zero-order valence-electron chi connectivity index (χ0n) is 28.9. The number of unbranched alkanes of at least 4 members (excludes halogenated alkanes) is 1. The minimum atomic E-state index is -0.653. The van der Waals surface area contributed by atoms with E-state index < -0.39 is 17.6 Å². The van der Waals surface area contributed by atoms with Crippen LogP contribution in [0, 0.1) is 28.6 Å². The van der Waals surface area contributed by atoms with Crippen LogP contribution in [-0.4, -0.2) is 39.5 Å². The molecule has 4 fully saturated rings. The summed E-state index contributed by atoms with van der Waals surface area (Å²) in [6.45, 7) is 17.0. The first-order chi connectivity index (χ1) is 21.3. The molecule has 45 heavy (non-hydrogen) atoms. The lowest BCUT2D eigenvalue weighted by Crippen LogP contribution is -2.38. The Morgan fingerprint density at radius 2 is 1.96 bits per heavy atom. The largest absolute Gasteiger partial charge is 0.461 e. The fraction of sp³-hybridized carbons (Fsp3) is 0.744. The van der Waals surface area contributed by atoms with Gasteiger partial charge in [-0.15, -0.1) is 0 Å². The molecular weight excluding hydrogens is 562 g/mol. The van der Waals surface area contributed by atoms with Crippen molar-refractivity contribution in [2.45, 2.75) is 155 Å². The molecule has 0 aliphatic heterocycles. The van der Waals surface area contributed by atoms with Gasteiger partial charge in [-0.1, -0.05) is 51.5 Å². The van der Waals surface area contributed by atoms with Crippen molar-refractivity contribution in [3.05, 3.63) is 53.3 Å². The van der Waals surface area contributed by atoms with Crippen molar-refractivity contribution in [1.29, 1.82) is 0 Å². The molecule has 0 spiro atoms. The van der Waals surface area contributed by atoms with Gasteiger partial charge in [-0.2, -0.15) is 0 Å². The zero-order valence-corrected chi connectivity index (χ0v) is 28.9. The minimum Gasteiger partial charge on any atom is -0.461 e. The van der Waals surface area contributed by atoms with Crippen LogP contribution in [0.4, 0.5) is 0 Å². The van der Waals surface area contributed by atoms with Gasteiger partial charge in [0.25, 0.3) is 0 Å². The fourth-order valence-electron chi connectivity index (χ4n) is 8.86. The van der Waals surface area contributed by atoms with Crippen molar-refractivity contribution >= 4 is 5.97 Å². The molecular formula is C39H59NO5. The molecule has 0 amide bonds.